The molecule has 276 valence electrons. The monoisotopic (exact) mass is 722 g/mol. The van der Waals surface area contributed by atoms with Crippen LogP contribution in [0.4, 0.5) is 15.9 Å². The van der Waals surface area contributed by atoms with Crippen molar-refractivity contribution in [3.05, 3.63) is 71.4 Å². The van der Waals surface area contributed by atoms with Crippen molar-refractivity contribution in [3.8, 4) is 34.0 Å². The number of aldehydes is 2. The minimum Gasteiger partial charge on any atom is -0.486 e. The molecule has 0 saturated carbocycles. The van der Waals surface area contributed by atoms with Crippen molar-refractivity contribution in [1.29, 1.82) is 0 Å². The Hall–Kier alpha value is -5.89. The molecule has 2 unspecified atom stereocenters. The van der Waals surface area contributed by atoms with Crippen LogP contribution in [0.25, 0.3) is 44.1 Å². The number of benzene rings is 3. The maximum atomic E-state index is 15.4. The maximum absolute atomic E-state index is 15.4. The second kappa shape index (κ2) is 15.4. The minimum atomic E-state index is -0.515. The SMILES string of the molecule is CNc1cc(COc2c(-c3c(C)c(F)cc4[nH]ncc34)ccc3c(N(C)C)nc(OCC(C)OC)nc23)ccc1-c1cn(C(C=O)C(C)C)nc1C=O. The zero-order valence-electron chi connectivity index (χ0n) is 31.0. The number of methoxy groups -OCH3 is 1. The van der Waals surface area contributed by atoms with Gasteiger partial charge < -0.3 is 29.2 Å². The van der Waals surface area contributed by atoms with Gasteiger partial charge in [-0.3, -0.25) is 14.6 Å². The number of hydrogen-bond donors (Lipinski definition) is 2. The fourth-order valence-electron chi connectivity index (χ4n) is 6.31. The van der Waals surface area contributed by atoms with Crippen LogP contribution >= 0.6 is 0 Å². The molecule has 0 amide bonds. The summed E-state index contributed by atoms with van der Waals surface area (Å²) in [4.78, 5) is 35.4. The van der Waals surface area contributed by atoms with Crippen molar-refractivity contribution in [3.63, 3.8) is 0 Å². The Morgan fingerprint density at radius 1 is 1.02 bits per heavy atom. The molecule has 3 heterocycles. The Morgan fingerprint density at radius 3 is 2.47 bits per heavy atom. The van der Waals surface area contributed by atoms with Gasteiger partial charge in [-0.15, -0.1) is 0 Å². The molecule has 0 aliphatic rings. The molecule has 3 aromatic heterocycles. The Bertz CT molecular complexity index is 2300. The summed E-state index contributed by atoms with van der Waals surface area (Å²) < 4.78 is 35.1. The number of rotatable bonds is 15. The van der Waals surface area contributed by atoms with Gasteiger partial charge in [0.15, 0.2) is 12.0 Å². The molecule has 6 aromatic rings. The van der Waals surface area contributed by atoms with Gasteiger partial charge in [-0.05, 0) is 55.2 Å². The van der Waals surface area contributed by atoms with Crippen LogP contribution < -0.4 is 19.7 Å². The van der Waals surface area contributed by atoms with E-state index < -0.39 is 11.9 Å². The van der Waals surface area contributed by atoms with Gasteiger partial charge in [-0.25, -0.2) is 4.39 Å². The first kappa shape index (κ1) is 36.9. The predicted octanol–water partition coefficient (Wildman–Crippen LogP) is 6.79. The topological polar surface area (TPSA) is 149 Å². The quantitative estimate of drug-likeness (QED) is 0.108. The van der Waals surface area contributed by atoms with E-state index >= 15 is 4.39 Å². The summed E-state index contributed by atoms with van der Waals surface area (Å²) in [5, 5.41) is 16.2. The molecular weight excluding hydrogens is 679 g/mol. The molecule has 0 aliphatic heterocycles. The third-order valence-corrected chi connectivity index (χ3v) is 9.29. The van der Waals surface area contributed by atoms with Crippen LogP contribution in [0.2, 0.25) is 0 Å². The number of ether oxygens (including phenoxy) is 3. The van der Waals surface area contributed by atoms with Gasteiger partial charge in [0, 0.05) is 73.2 Å². The normalized spacial score (nSPS) is 12.6. The van der Waals surface area contributed by atoms with Crippen LogP contribution in [0.5, 0.6) is 11.8 Å². The van der Waals surface area contributed by atoms with Crippen LogP contribution in [0, 0.1) is 18.7 Å². The number of hydrogen-bond acceptors (Lipinski definition) is 11. The van der Waals surface area contributed by atoms with Crippen molar-refractivity contribution in [2.45, 2.75) is 46.4 Å². The summed E-state index contributed by atoms with van der Waals surface area (Å²) in [7, 11) is 7.15. The van der Waals surface area contributed by atoms with E-state index in [9.17, 15) is 9.59 Å². The number of nitrogens with zero attached hydrogens (tertiary/aromatic N) is 6. The summed E-state index contributed by atoms with van der Waals surface area (Å²) in [6, 6.07) is 10.6. The number of aromatic amines is 1. The van der Waals surface area contributed by atoms with Gasteiger partial charge in [0.2, 0.25) is 0 Å². The Labute approximate surface area is 306 Å². The number of H-pyrrole nitrogens is 1. The molecule has 0 spiro atoms. The molecule has 14 heteroatoms. The van der Waals surface area contributed by atoms with E-state index in [0.29, 0.717) is 56.5 Å². The number of carbonyl (C=O) groups excluding carboxylic acids is 2. The number of carbonyl (C=O) groups is 2. The van der Waals surface area contributed by atoms with Gasteiger partial charge in [-0.2, -0.15) is 20.2 Å². The highest BCUT2D eigenvalue weighted by Crippen LogP contribution is 2.44. The standard InChI is InChI=1S/C39H43FN8O5/c1-21(2)34(18-50)48-16-29(33(17-49)46-48)25-10-9-24(13-31(25)41-5)20-52-37-26(35-23(4)30(40)14-32-28(35)15-42-45-32)11-12-27-36(37)43-39(44-38(27)47(6)7)53-19-22(3)51-8/h9-18,21-22,34,41H,19-20H2,1-8H3,(H,42,45). The molecule has 0 radical (unpaired) electrons. The van der Waals surface area contributed by atoms with Gasteiger partial charge >= 0.3 is 6.01 Å². The van der Waals surface area contributed by atoms with E-state index in [1.807, 2.05) is 70.1 Å². The highest BCUT2D eigenvalue weighted by atomic mass is 19.1. The second-order valence-corrected chi connectivity index (χ2v) is 13.4. The van der Waals surface area contributed by atoms with Crippen molar-refractivity contribution in [2.75, 3.05) is 45.1 Å². The number of halogens is 1. The fraction of sp³-hybridized carbons (Fsp3) is 0.333. The molecule has 0 fully saturated rings. The summed E-state index contributed by atoms with van der Waals surface area (Å²) in [5.41, 5.74) is 5.75. The molecule has 13 nitrogen and oxygen atoms in total. The first-order valence-corrected chi connectivity index (χ1v) is 17.2. The fourth-order valence-corrected chi connectivity index (χ4v) is 6.31. The lowest BCUT2D eigenvalue weighted by Crippen LogP contribution is -2.18. The number of anilines is 2. The van der Waals surface area contributed by atoms with Gasteiger partial charge in [0.25, 0.3) is 0 Å². The third-order valence-electron chi connectivity index (χ3n) is 9.29. The molecule has 2 atom stereocenters. The number of aromatic nitrogens is 6. The molecule has 0 bridgehead atoms. The average molecular weight is 723 g/mol. The van der Waals surface area contributed by atoms with Crippen molar-refractivity contribution < 1.29 is 28.2 Å². The predicted molar refractivity (Wildman–Crippen MR) is 202 cm³/mol. The maximum Gasteiger partial charge on any atom is 0.319 e. The first-order chi connectivity index (χ1) is 25.5. The van der Waals surface area contributed by atoms with Crippen molar-refractivity contribution in [1.82, 2.24) is 29.9 Å². The molecule has 53 heavy (non-hydrogen) atoms. The largest absolute Gasteiger partial charge is 0.486 e. The Morgan fingerprint density at radius 2 is 1.79 bits per heavy atom. The van der Waals surface area contributed by atoms with Gasteiger partial charge in [0.05, 0.1) is 17.8 Å². The second-order valence-electron chi connectivity index (χ2n) is 13.4. The number of fused-ring (bicyclic) bond motifs is 2. The summed E-state index contributed by atoms with van der Waals surface area (Å²) in [6.07, 6.45) is 4.72. The highest BCUT2D eigenvalue weighted by molar-refractivity contribution is 6.04. The third kappa shape index (κ3) is 7.14. The lowest BCUT2D eigenvalue weighted by Gasteiger charge is -2.21. The molecule has 3 aromatic carbocycles. The smallest absolute Gasteiger partial charge is 0.319 e. The molecule has 2 N–H and O–H groups in total. The lowest BCUT2D eigenvalue weighted by atomic mass is 9.94. The average Bonchev–Trinajstić information content (AvgIpc) is 3.80. The van der Waals surface area contributed by atoms with Crippen LogP contribution in [0.3, 0.4) is 0 Å². The molecule has 0 saturated heterocycles. The van der Waals surface area contributed by atoms with Crippen molar-refractivity contribution >= 4 is 45.9 Å². The Balaban J connectivity index is 1.48. The van der Waals surface area contributed by atoms with E-state index in [4.69, 9.17) is 24.2 Å². The first-order valence-electron chi connectivity index (χ1n) is 17.2. The molecule has 0 aliphatic carbocycles. The van der Waals surface area contributed by atoms with E-state index in [1.54, 1.807) is 38.2 Å². The van der Waals surface area contributed by atoms with E-state index in [1.165, 1.54) is 6.07 Å². The molecular formula is C39H43FN8O5. The van der Waals surface area contributed by atoms with Crippen LogP contribution in [-0.4, -0.2) is 83.5 Å². The summed E-state index contributed by atoms with van der Waals surface area (Å²) in [6.45, 7) is 7.78. The zero-order valence-corrected chi connectivity index (χ0v) is 31.0. The minimum absolute atomic E-state index is 0.0154. The van der Waals surface area contributed by atoms with Crippen molar-refractivity contribution in [2.24, 2.45) is 5.92 Å². The van der Waals surface area contributed by atoms with E-state index in [-0.39, 0.29) is 36.9 Å². The number of nitrogens with one attached hydrogen (secondary N) is 2. The Kier molecular flexibility index (Phi) is 10.7. The van der Waals surface area contributed by atoms with Crippen LogP contribution in [0.1, 0.15) is 48.4 Å². The van der Waals surface area contributed by atoms with Crippen LogP contribution in [0.15, 0.2) is 48.8 Å². The van der Waals surface area contributed by atoms with Gasteiger partial charge in [-0.1, -0.05) is 26.0 Å². The summed E-state index contributed by atoms with van der Waals surface area (Å²) >= 11 is 0. The highest BCUT2D eigenvalue weighted by Gasteiger charge is 2.24. The lowest BCUT2D eigenvalue weighted by molar-refractivity contribution is -0.111. The van der Waals surface area contributed by atoms with Crippen LogP contribution in [-0.2, 0) is 16.1 Å². The summed E-state index contributed by atoms with van der Waals surface area (Å²) in [5.74, 6) is 0.608. The zero-order chi connectivity index (χ0) is 38.0. The van der Waals surface area contributed by atoms with Gasteiger partial charge in [0.1, 0.15) is 48.4 Å². The van der Waals surface area contributed by atoms with E-state index in [0.717, 1.165) is 28.5 Å². The molecule has 6 rings (SSSR count). The van der Waals surface area contributed by atoms with E-state index in [2.05, 4.69) is 20.6 Å².